The molecule has 0 bridgehead atoms. The first-order chi connectivity index (χ1) is 9.54. The molecule has 106 valence electrons. The molecule has 5 nitrogen and oxygen atoms in total. The quantitative estimate of drug-likeness (QED) is 0.899. The number of likely N-dealkylation sites (N-methyl/N-ethyl adjacent to an activating group) is 1. The maximum absolute atomic E-state index is 12.1. The van der Waals surface area contributed by atoms with Gasteiger partial charge in [0.15, 0.2) is 0 Å². The molecule has 1 aromatic carbocycles. The number of fused-ring (bicyclic) bond motifs is 1. The van der Waals surface area contributed by atoms with Gasteiger partial charge < -0.3 is 10.0 Å². The van der Waals surface area contributed by atoms with Gasteiger partial charge in [-0.05, 0) is 36.1 Å². The Bertz CT molecular complexity index is 566. The molecule has 0 spiro atoms. The Morgan fingerprint density at radius 3 is 2.65 bits per heavy atom. The van der Waals surface area contributed by atoms with Crippen LogP contribution in [0.3, 0.4) is 0 Å². The molecule has 1 aromatic rings. The maximum Gasteiger partial charge on any atom is 0.335 e. The van der Waals surface area contributed by atoms with Crippen molar-refractivity contribution in [3.05, 3.63) is 34.9 Å². The SMILES string of the molecule is CN(C(=O)CN1Cc2ccc(C(=O)O)cc2C1)C1CC1. The summed E-state index contributed by atoms with van der Waals surface area (Å²) in [7, 11) is 1.87. The molecule has 1 aliphatic heterocycles. The smallest absolute Gasteiger partial charge is 0.335 e. The highest BCUT2D eigenvalue weighted by atomic mass is 16.4. The van der Waals surface area contributed by atoms with Crippen molar-refractivity contribution in [1.29, 1.82) is 0 Å². The third-order valence-corrected chi connectivity index (χ3v) is 4.09. The van der Waals surface area contributed by atoms with Crippen LogP contribution in [0.25, 0.3) is 0 Å². The minimum Gasteiger partial charge on any atom is -0.478 e. The second-order valence-electron chi connectivity index (χ2n) is 5.67. The number of carbonyl (C=O) groups excluding carboxylic acids is 1. The van der Waals surface area contributed by atoms with Gasteiger partial charge in [-0.25, -0.2) is 4.79 Å². The fraction of sp³-hybridized carbons (Fsp3) is 0.467. The van der Waals surface area contributed by atoms with Gasteiger partial charge in [0.1, 0.15) is 0 Å². The van der Waals surface area contributed by atoms with Crippen molar-refractivity contribution in [3.8, 4) is 0 Å². The Labute approximate surface area is 117 Å². The Balaban J connectivity index is 1.64. The molecular formula is C15H18N2O3. The molecule has 0 unspecified atom stereocenters. The number of benzene rings is 1. The van der Waals surface area contributed by atoms with Crippen LogP contribution in [0.2, 0.25) is 0 Å². The minimum absolute atomic E-state index is 0.152. The number of amides is 1. The van der Waals surface area contributed by atoms with Gasteiger partial charge in [0.25, 0.3) is 0 Å². The zero-order valence-corrected chi connectivity index (χ0v) is 11.5. The van der Waals surface area contributed by atoms with Crippen LogP contribution in [0.5, 0.6) is 0 Å². The number of rotatable bonds is 4. The number of hydrogen-bond acceptors (Lipinski definition) is 3. The summed E-state index contributed by atoms with van der Waals surface area (Å²) < 4.78 is 0. The van der Waals surface area contributed by atoms with Gasteiger partial charge in [-0.3, -0.25) is 9.69 Å². The first-order valence-electron chi connectivity index (χ1n) is 6.87. The number of aromatic carboxylic acids is 1. The van der Waals surface area contributed by atoms with Crippen molar-refractivity contribution in [2.45, 2.75) is 32.0 Å². The molecule has 2 aliphatic rings. The number of carboxylic acid groups (broad SMARTS) is 1. The molecule has 0 saturated heterocycles. The number of carboxylic acids is 1. The van der Waals surface area contributed by atoms with E-state index in [-0.39, 0.29) is 5.91 Å². The normalized spacial score (nSPS) is 17.9. The molecule has 1 saturated carbocycles. The molecule has 0 aromatic heterocycles. The van der Waals surface area contributed by atoms with Crippen LogP contribution in [0.4, 0.5) is 0 Å². The lowest BCUT2D eigenvalue weighted by molar-refractivity contribution is -0.131. The van der Waals surface area contributed by atoms with Gasteiger partial charge in [-0.15, -0.1) is 0 Å². The Kier molecular flexibility index (Phi) is 3.22. The molecule has 1 fully saturated rings. The largest absolute Gasteiger partial charge is 0.478 e. The van der Waals surface area contributed by atoms with E-state index in [4.69, 9.17) is 5.11 Å². The molecule has 3 rings (SSSR count). The van der Waals surface area contributed by atoms with E-state index in [1.807, 2.05) is 18.0 Å². The highest BCUT2D eigenvalue weighted by molar-refractivity contribution is 5.88. The van der Waals surface area contributed by atoms with Crippen LogP contribution >= 0.6 is 0 Å². The summed E-state index contributed by atoms with van der Waals surface area (Å²) in [5, 5.41) is 8.99. The number of hydrogen-bond donors (Lipinski definition) is 1. The summed E-state index contributed by atoms with van der Waals surface area (Å²) in [6, 6.07) is 5.63. The Hall–Kier alpha value is -1.88. The lowest BCUT2D eigenvalue weighted by atomic mass is 10.1. The molecular weight excluding hydrogens is 256 g/mol. The van der Waals surface area contributed by atoms with E-state index in [0.717, 1.165) is 30.5 Å². The second-order valence-corrected chi connectivity index (χ2v) is 5.67. The van der Waals surface area contributed by atoms with Crippen LogP contribution in [0.1, 0.15) is 34.3 Å². The van der Waals surface area contributed by atoms with Crippen molar-refractivity contribution in [1.82, 2.24) is 9.80 Å². The van der Waals surface area contributed by atoms with E-state index in [9.17, 15) is 9.59 Å². The van der Waals surface area contributed by atoms with Crippen molar-refractivity contribution in [2.75, 3.05) is 13.6 Å². The van der Waals surface area contributed by atoms with Gasteiger partial charge >= 0.3 is 5.97 Å². The summed E-state index contributed by atoms with van der Waals surface area (Å²) in [6.45, 7) is 1.78. The third kappa shape index (κ3) is 2.54. The second kappa shape index (κ2) is 4.90. The Morgan fingerprint density at radius 1 is 1.30 bits per heavy atom. The standard InChI is InChI=1S/C15H18N2O3/c1-16(13-4-5-13)14(18)9-17-7-11-3-2-10(15(19)20)6-12(11)8-17/h2-3,6,13H,4-5,7-9H2,1H3,(H,19,20). The fourth-order valence-electron chi connectivity index (χ4n) is 2.68. The molecule has 1 aliphatic carbocycles. The Morgan fingerprint density at radius 2 is 2.00 bits per heavy atom. The summed E-state index contributed by atoms with van der Waals surface area (Å²) in [5.41, 5.74) is 2.45. The van der Waals surface area contributed by atoms with Gasteiger partial charge in [0.05, 0.1) is 12.1 Å². The third-order valence-electron chi connectivity index (χ3n) is 4.09. The average molecular weight is 274 g/mol. The van der Waals surface area contributed by atoms with Gasteiger partial charge in [-0.2, -0.15) is 0 Å². The van der Waals surface area contributed by atoms with E-state index >= 15 is 0 Å². The van der Waals surface area contributed by atoms with Crippen LogP contribution < -0.4 is 0 Å². The van der Waals surface area contributed by atoms with Gasteiger partial charge in [0.2, 0.25) is 5.91 Å². The van der Waals surface area contributed by atoms with Crippen molar-refractivity contribution >= 4 is 11.9 Å². The first-order valence-corrected chi connectivity index (χ1v) is 6.87. The first kappa shape index (κ1) is 13.1. The van der Waals surface area contributed by atoms with E-state index in [1.54, 1.807) is 12.1 Å². The van der Waals surface area contributed by atoms with Crippen molar-refractivity contribution in [2.24, 2.45) is 0 Å². The predicted molar refractivity (Wildman–Crippen MR) is 73.3 cm³/mol. The van der Waals surface area contributed by atoms with Crippen LogP contribution in [0.15, 0.2) is 18.2 Å². The lowest BCUT2D eigenvalue weighted by Gasteiger charge is -2.20. The van der Waals surface area contributed by atoms with Gasteiger partial charge in [0, 0.05) is 26.2 Å². The molecule has 0 radical (unpaired) electrons. The molecule has 0 atom stereocenters. The zero-order chi connectivity index (χ0) is 14.3. The van der Waals surface area contributed by atoms with Crippen LogP contribution in [0, 0.1) is 0 Å². The average Bonchev–Trinajstić information content (AvgIpc) is 3.17. The van der Waals surface area contributed by atoms with E-state index in [0.29, 0.717) is 24.7 Å². The van der Waals surface area contributed by atoms with E-state index < -0.39 is 5.97 Å². The van der Waals surface area contributed by atoms with E-state index in [1.165, 1.54) is 0 Å². The monoisotopic (exact) mass is 274 g/mol. The van der Waals surface area contributed by atoms with Crippen molar-refractivity contribution in [3.63, 3.8) is 0 Å². The van der Waals surface area contributed by atoms with Crippen molar-refractivity contribution < 1.29 is 14.7 Å². The molecule has 1 amide bonds. The van der Waals surface area contributed by atoms with E-state index in [2.05, 4.69) is 4.90 Å². The highest BCUT2D eigenvalue weighted by Crippen LogP contribution is 2.27. The maximum atomic E-state index is 12.1. The summed E-state index contributed by atoms with van der Waals surface area (Å²) in [6.07, 6.45) is 2.23. The number of nitrogens with zero attached hydrogens (tertiary/aromatic N) is 2. The number of carbonyl (C=O) groups is 2. The van der Waals surface area contributed by atoms with Crippen LogP contribution in [-0.2, 0) is 17.9 Å². The lowest BCUT2D eigenvalue weighted by Crippen LogP contribution is -2.37. The highest BCUT2D eigenvalue weighted by Gasteiger charge is 2.31. The summed E-state index contributed by atoms with van der Waals surface area (Å²) >= 11 is 0. The zero-order valence-electron chi connectivity index (χ0n) is 11.5. The topological polar surface area (TPSA) is 60.9 Å². The predicted octanol–water partition coefficient (Wildman–Crippen LogP) is 1.32. The summed E-state index contributed by atoms with van der Waals surface area (Å²) in [4.78, 5) is 27.0. The molecule has 5 heteroatoms. The molecule has 20 heavy (non-hydrogen) atoms. The summed E-state index contributed by atoms with van der Waals surface area (Å²) in [5.74, 6) is -0.755. The fourth-order valence-corrected chi connectivity index (χ4v) is 2.68. The van der Waals surface area contributed by atoms with Gasteiger partial charge in [-0.1, -0.05) is 6.07 Å². The minimum atomic E-state index is -0.907. The molecule has 1 N–H and O–H groups in total. The molecule has 1 heterocycles. The van der Waals surface area contributed by atoms with Crippen LogP contribution in [-0.4, -0.2) is 46.4 Å².